The third-order valence-electron chi connectivity index (χ3n) is 0.300. The van der Waals surface area contributed by atoms with Crippen molar-refractivity contribution < 1.29 is 0 Å². The average molecular weight is 345 g/mol. The van der Waals surface area contributed by atoms with Crippen LogP contribution in [0.25, 0.3) is 0 Å². The van der Waals surface area contributed by atoms with E-state index in [2.05, 4.69) is 75.8 Å². The van der Waals surface area contributed by atoms with Crippen molar-refractivity contribution in [2.24, 2.45) is 0 Å². The minimum atomic E-state index is 0.878. The number of hydrogen-bond donors (Lipinski definition) is 6. The van der Waals surface area contributed by atoms with Gasteiger partial charge in [-0.05, 0) is 47.0 Å². The van der Waals surface area contributed by atoms with E-state index in [1.54, 1.807) is 11.8 Å². The smallest absolute Gasteiger partial charge is 0.000932 e. The van der Waals surface area contributed by atoms with Crippen LogP contribution < -0.4 is 0 Å². The highest BCUT2D eigenvalue weighted by Crippen LogP contribution is 1.74. The fourth-order valence-corrected chi connectivity index (χ4v) is 0. The molecule has 0 saturated heterocycles. The Balaban J connectivity index is -0.0000000542. The lowest BCUT2D eigenvalue weighted by molar-refractivity contribution is 1.59. The lowest BCUT2D eigenvalue weighted by atomic mass is 11.0. The van der Waals surface area contributed by atoms with E-state index in [0.717, 1.165) is 34.5 Å². The molecule has 0 aliphatic heterocycles. The van der Waals surface area contributed by atoms with Gasteiger partial charge in [-0.1, -0.05) is 0 Å². The Morgan fingerprint density at radius 3 is 0.600 bits per heavy atom. The highest BCUT2D eigenvalue weighted by molar-refractivity contribution is 7.97. The highest BCUT2D eigenvalue weighted by Gasteiger charge is 1.58. The molecule has 0 spiro atoms. The second-order valence-electron chi connectivity index (χ2n) is 1.75. The van der Waals surface area contributed by atoms with Crippen molar-refractivity contribution in [2.75, 3.05) is 47.0 Å². The maximum absolute atomic E-state index is 3.84. The van der Waals surface area contributed by atoms with Crippen molar-refractivity contribution in [1.29, 1.82) is 0 Å². The third kappa shape index (κ3) is 116. The summed E-state index contributed by atoms with van der Waals surface area (Å²) in [6.07, 6.45) is 4.08. The fourth-order valence-electron chi connectivity index (χ4n) is 0. The van der Waals surface area contributed by atoms with Crippen LogP contribution >= 0.6 is 87.5 Å². The second kappa shape index (κ2) is 44.0. The third-order valence-corrected chi connectivity index (χ3v) is 2.70. The molecule has 0 radical (unpaired) electrons. The van der Waals surface area contributed by atoms with E-state index >= 15 is 0 Å². The molecule has 98 valence electrons. The van der Waals surface area contributed by atoms with Crippen LogP contribution in [0.5, 0.6) is 0 Å². The Kier molecular flexibility index (Phi) is 76.5. The van der Waals surface area contributed by atoms with Gasteiger partial charge in [-0.2, -0.15) is 87.5 Å². The first-order valence-electron chi connectivity index (χ1n) is 4.21. The van der Waals surface area contributed by atoms with E-state index < -0.39 is 0 Å². The van der Waals surface area contributed by atoms with E-state index in [4.69, 9.17) is 0 Å². The van der Waals surface area contributed by atoms with Crippen LogP contribution in [-0.2, 0) is 0 Å². The second-order valence-corrected chi connectivity index (χ2v) is 5.25. The van der Waals surface area contributed by atoms with Crippen molar-refractivity contribution in [3.05, 3.63) is 0 Å². The molecule has 0 fully saturated rings. The predicted octanol–water partition coefficient (Wildman–Crippen LogP) is 3.52. The first-order chi connectivity index (χ1) is 7.16. The van der Waals surface area contributed by atoms with Gasteiger partial charge in [0.1, 0.15) is 0 Å². The largest absolute Gasteiger partial charge is 0.179 e. The van der Waals surface area contributed by atoms with Crippen molar-refractivity contribution in [2.45, 2.75) is 0 Å². The minimum absolute atomic E-state index is 0.878. The summed E-state index contributed by atoms with van der Waals surface area (Å²) in [6.45, 7) is 0. The van der Waals surface area contributed by atoms with Gasteiger partial charge in [-0.3, -0.25) is 0 Å². The zero-order valence-corrected chi connectivity index (χ0v) is 15.5. The summed E-state index contributed by atoms with van der Waals surface area (Å²) >= 11 is 24.8. The van der Waals surface area contributed by atoms with Crippen LogP contribution in [0.1, 0.15) is 0 Å². The summed E-state index contributed by atoms with van der Waals surface area (Å²) in [4.78, 5) is 0. The lowest BCUT2D eigenvalue weighted by Gasteiger charge is -1.67. The zero-order chi connectivity index (χ0) is 12.9. The summed E-state index contributed by atoms with van der Waals surface area (Å²) in [6, 6.07) is 0. The van der Waals surface area contributed by atoms with Crippen LogP contribution in [0, 0.1) is 0 Å². The topological polar surface area (TPSA) is 0 Å². The van der Waals surface area contributed by atoms with E-state index in [1.807, 2.05) is 12.5 Å². The molecule has 0 aliphatic carbocycles. The van der Waals surface area contributed by atoms with Crippen molar-refractivity contribution in [1.82, 2.24) is 0 Å². The number of rotatable bonds is 3. The molecular formula is C8H24S7. The standard InChI is InChI=1S/3C2H6S2.C2H6S/c3*3-1-2-4;1-3-2/h3*3-4H,1-2H2;1-2H3. The quantitative estimate of drug-likeness (QED) is 0.426. The first kappa shape index (κ1) is 26.1. The van der Waals surface area contributed by atoms with Gasteiger partial charge in [0.15, 0.2) is 0 Å². The highest BCUT2D eigenvalue weighted by atomic mass is 32.2. The molecule has 0 unspecified atom stereocenters. The van der Waals surface area contributed by atoms with Gasteiger partial charge in [0.05, 0.1) is 0 Å². The van der Waals surface area contributed by atoms with Gasteiger partial charge in [-0.25, -0.2) is 0 Å². The molecule has 0 N–H and O–H groups in total. The Morgan fingerprint density at radius 1 is 0.533 bits per heavy atom. The van der Waals surface area contributed by atoms with Gasteiger partial charge >= 0.3 is 0 Å². The van der Waals surface area contributed by atoms with Crippen LogP contribution in [0.15, 0.2) is 0 Å². The zero-order valence-electron chi connectivity index (χ0n) is 9.33. The molecular weight excluding hydrogens is 321 g/mol. The van der Waals surface area contributed by atoms with Gasteiger partial charge in [0.25, 0.3) is 0 Å². The normalized spacial score (nSPS) is 7.20. The summed E-state index contributed by atoms with van der Waals surface area (Å²) in [5.41, 5.74) is 0. The molecule has 0 amide bonds. The molecule has 0 bridgehead atoms. The molecule has 0 atom stereocenters. The Hall–Kier alpha value is 2.45. The predicted molar refractivity (Wildman–Crippen MR) is 103 cm³/mol. The van der Waals surface area contributed by atoms with Crippen LogP contribution in [0.2, 0.25) is 0 Å². The fraction of sp³-hybridized carbons (Fsp3) is 1.00. The molecule has 0 saturated carbocycles. The van der Waals surface area contributed by atoms with E-state index in [1.165, 1.54) is 0 Å². The van der Waals surface area contributed by atoms with Gasteiger partial charge in [-0.15, -0.1) is 0 Å². The van der Waals surface area contributed by atoms with Crippen molar-refractivity contribution in [3.8, 4) is 0 Å². The van der Waals surface area contributed by atoms with Gasteiger partial charge in [0, 0.05) is 0 Å². The average Bonchev–Trinajstić information content (AvgIpc) is 2.30. The Morgan fingerprint density at radius 2 is 0.600 bits per heavy atom. The van der Waals surface area contributed by atoms with Crippen LogP contribution in [0.4, 0.5) is 0 Å². The Bertz CT molecular complexity index is 38.7. The molecule has 0 heterocycles. The molecule has 0 nitrogen and oxygen atoms in total. The van der Waals surface area contributed by atoms with Crippen LogP contribution in [-0.4, -0.2) is 47.0 Å². The summed E-state index contributed by atoms with van der Waals surface area (Å²) in [5.74, 6) is 5.27. The maximum Gasteiger partial charge on any atom is -0.000932 e. The summed E-state index contributed by atoms with van der Waals surface area (Å²) in [7, 11) is 0. The van der Waals surface area contributed by atoms with Gasteiger partial charge < -0.3 is 0 Å². The molecule has 0 rings (SSSR count). The minimum Gasteiger partial charge on any atom is -0.179 e. The number of hydrogen-bond acceptors (Lipinski definition) is 7. The monoisotopic (exact) mass is 344 g/mol. The Labute approximate surface area is 133 Å². The van der Waals surface area contributed by atoms with Gasteiger partial charge in [0.2, 0.25) is 0 Å². The molecule has 7 heteroatoms. The van der Waals surface area contributed by atoms with Crippen LogP contribution in [0.3, 0.4) is 0 Å². The van der Waals surface area contributed by atoms with E-state index in [9.17, 15) is 0 Å². The molecule has 0 aromatic rings. The lowest BCUT2D eigenvalue weighted by Crippen LogP contribution is -1.64. The maximum atomic E-state index is 3.84. The molecule has 0 aromatic heterocycles. The summed E-state index contributed by atoms with van der Waals surface area (Å²) < 4.78 is 0. The molecule has 0 aliphatic rings. The van der Waals surface area contributed by atoms with E-state index in [0.29, 0.717) is 0 Å². The first-order valence-corrected chi connectivity index (χ1v) is 9.64. The SMILES string of the molecule is CSC.SCCS.SCCS.SCCS. The van der Waals surface area contributed by atoms with Crippen molar-refractivity contribution in [3.63, 3.8) is 0 Å². The van der Waals surface area contributed by atoms with E-state index in [-0.39, 0.29) is 0 Å². The molecule has 0 aromatic carbocycles. The van der Waals surface area contributed by atoms with Crippen molar-refractivity contribution >= 4 is 87.5 Å². The summed E-state index contributed by atoms with van der Waals surface area (Å²) in [5, 5.41) is 0. The number of thiol groups is 6. The number of thioether (sulfide) groups is 1. The molecule has 15 heavy (non-hydrogen) atoms.